The number of fused-ring (bicyclic) bond motifs is 1. The number of anilines is 1. The van der Waals surface area contributed by atoms with Crippen LogP contribution in [0.15, 0.2) is 48.5 Å². The molecule has 1 aliphatic rings. The summed E-state index contributed by atoms with van der Waals surface area (Å²) >= 11 is 0. The second-order valence-corrected chi connectivity index (χ2v) is 7.01. The molecule has 0 spiro atoms. The minimum absolute atomic E-state index is 0.276. The number of nitrogens with one attached hydrogen (secondary N) is 1. The Kier molecular flexibility index (Phi) is 5.32. The zero-order valence-corrected chi connectivity index (χ0v) is 15.7. The van der Waals surface area contributed by atoms with Crippen molar-refractivity contribution in [3.8, 4) is 0 Å². The lowest BCUT2D eigenvalue weighted by atomic mass is 10.1. The normalized spacial score (nSPS) is 14.9. The lowest BCUT2D eigenvalue weighted by Crippen LogP contribution is -2.35. The first-order valence-electron chi connectivity index (χ1n) is 9.36. The number of halogens is 1. The summed E-state index contributed by atoms with van der Waals surface area (Å²) in [5.41, 5.74) is 3.62. The summed E-state index contributed by atoms with van der Waals surface area (Å²) in [6, 6.07) is 13.8. The maximum Gasteiger partial charge on any atom is 0.256 e. The Hall–Kier alpha value is -2.83. The Labute approximate surface area is 163 Å². The van der Waals surface area contributed by atoms with E-state index in [-0.39, 0.29) is 11.7 Å². The fourth-order valence-corrected chi connectivity index (χ4v) is 3.43. The molecule has 0 unspecified atom stereocenters. The lowest BCUT2D eigenvalue weighted by molar-refractivity contribution is 0.0342. The first kappa shape index (κ1) is 18.5. The van der Waals surface area contributed by atoms with Gasteiger partial charge in [-0.15, -0.1) is 0 Å². The molecule has 1 saturated heterocycles. The van der Waals surface area contributed by atoms with Crippen LogP contribution in [0.1, 0.15) is 21.6 Å². The van der Waals surface area contributed by atoms with Crippen molar-refractivity contribution < 1.29 is 13.9 Å². The third-order valence-corrected chi connectivity index (χ3v) is 4.87. The van der Waals surface area contributed by atoms with Crippen molar-refractivity contribution in [1.29, 1.82) is 0 Å². The molecule has 1 fully saturated rings. The maximum absolute atomic E-state index is 13.7. The summed E-state index contributed by atoms with van der Waals surface area (Å²) < 4.78 is 19.0. The van der Waals surface area contributed by atoms with Crippen LogP contribution in [0.5, 0.6) is 0 Å². The van der Waals surface area contributed by atoms with Gasteiger partial charge in [-0.05, 0) is 48.9 Å². The van der Waals surface area contributed by atoms with Crippen LogP contribution in [0, 0.1) is 12.7 Å². The highest BCUT2D eigenvalue weighted by Crippen LogP contribution is 2.21. The highest BCUT2D eigenvalue weighted by molar-refractivity contribution is 6.12. The minimum Gasteiger partial charge on any atom is -0.379 e. The van der Waals surface area contributed by atoms with Gasteiger partial charge in [0.25, 0.3) is 5.91 Å². The summed E-state index contributed by atoms with van der Waals surface area (Å²) in [5.74, 6) is -0.665. The molecular weight excluding hydrogens is 357 g/mol. The number of carbonyl (C=O) groups is 1. The van der Waals surface area contributed by atoms with Crippen molar-refractivity contribution in [2.75, 3.05) is 31.6 Å². The predicted octanol–water partition coefficient (Wildman–Crippen LogP) is 3.77. The number of carbonyl (C=O) groups excluding carboxylic acids is 1. The van der Waals surface area contributed by atoms with E-state index in [9.17, 15) is 9.18 Å². The molecule has 2 aromatic carbocycles. The summed E-state index contributed by atoms with van der Waals surface area (Å²) in [4.78, 5) is 19.5. The van der Waals surface area contributed by atoms with Crippen LogP contribution < -0.4 is 5.32 Å². The highest BCUT2D eigenvalue weighted by atomic mass is 19.1. The molecule has 144 valence electrons. The smallest absolute Gasteiger partial charge is 0.256 e. The quantitative estimate of drug-likeness (QED) is 0.750. The third kappa shape index (κ3) is 4.18. The molecule has 0 radical (unpaired) electrons. The number of benzene rings is 2. The Morgan fingerprint density at radius 3 is 2.64 bits per heavy atom. The summed E-state index contributed by atoms with van der Waals surface area (Å²) in [5, 5.41) is 3.41. The molecule has 5 nitrogen and oxygen atoms in total. The van der Waals surface area contributed by atoms with Crippen LogP contribution in [0.2, 0.25) is 0 Å². The molecule has 0 aliphatic carbocycles. The van der Waals surface area contributed by atoms with Crippen LogP contribution in [-0.2, 0) is 11.3 Å². The molecular formula is C22H22FN3O2. The number of morpholine rings is 1. The van der Waals surface area contributed by atoms with E-state index in [1.54, 1.807) is 12.1 Å². The van der Waals surface area contributed by atoms with Gasteiger partial charge in [-0.2, -0.15) is 0 Å². The van der Waals surface area contributed by atoms with E-state index in [2.05, 4.69) is 15.2 Å². The predicted molar refractivity (Wildman–Crippen MR) is 107 cm³/mol. The molecule has 1 amide bonds. The Morgan fingerprint density at radius 1 is 1.14 bits per heavy atom. The number of pyridine rings is 1. The van der Waals surface area contributed by atoms with Gasteiger partial charge in [-0.25, -0.2) is 4.39 Å². The van der Waals surface area contributed by atoms with Gasteiger partial charge in [0.15, 0.2) is 0 Å². The minimum atomic E-state index is -0.389. The topological polar surface area (TPSA) is 54.5 Å². The van der Waals surface area contributed by atoms with Crippen molar-refractivity contribution in [1.82, 2.24) is 9.88 Å². The molecule has 0 bridgehead atoms. The third-order valence-electron chi connectivity index (χ3n) is 4.87. The Bertz CT molecular complexity index is 999. The summed E-state index contributed by atoms with van der Waals surface area (Å²) in [6.07, 6.45) is 0. The second-order valence-electron chi connectivity index (χ2n) is 7.01. The fraction of sp³-hybridized carbons (Fsp3) is 0.273. The second kappa shape index (κ2) is 8.04. The molecule has 3 aromatic rings. The monoisotopic (exact) mass is 379 g/mol. The van der Waals surface area contributed by atoms with Crippen LogP contribution in [-0.4, -0.2) is 42.1 Å². The van der Waals surface area contributed by atoms with Crippen LogP contribution in [0.3, 0.4) is 0 Å². The van der Waals surface area contributed by atoms with Crippen molar-refractivity contribution in [3.05, 3.63) is 71.2 Å². The number of nitrogens with zero attached hydrogens (tertiary/aromatic N) is 2. The van der Waals surface area contributed by atoms with E-state index < -0.39 is 0 Å². The fourth-order valence-electron chi connectivity index (χ4n) is 3.43. The highest BCUT2D eigenvalue weighted by Gasteiger charge is 2.14. The molecule has 28 heavy (non-hydrogen) atoms. The van der Waals surface area contributed by atoms with Crippen LogP contribution >= 0.6 is 0 Å². The van der Waals surface area contributed by atoms with Crippen LogP contribution in [0.25, 0.3) is 10.9 Å². The molecule has 0 saturated carbocycles. The number of aromatic nitrogens is 1. The van der Waals surface area contributed by atoms with Gasteiger partial charge in [-0.3, -0.25) is 14.7 Å². The summed E-state index contributed by atoms with van der Waals surface area (Å²) in [7, 11) is 0. The van der Waals surface area contributed by atoms with Crippen LogP contribution in [0.4, 0.5) is 10.1 Å². The van der Waals surface area contributed by atoms with Gasteiger partial charge in [0.1, 0.15) is 5.82 Å². The van der Waals surface area contributed by atoms with E-state index in [0.29, 0.717) is 27.8 Å². The number of amides is 1. The molecule has 6 heteroatoms. The van der Waals surface area contributed by atoms with Gasteiger partial charge in [0.2, 0.25) is 0 Å². The van der Waals surface area contributed by atoms with E-state index >= 15 is 0 Å². The molecule has 1 aromatic heterocycles. The van der Waals surface area contributed by atoms with Gasteiger partial charge in [0, 0.05) is 36.4 Å². The first-order chi connectivity index (χ1) is 13.6. The Balaban J connectivity index is 1.50. The number of rotatable bonds is 4. The zero-order valence-electron chi connectivity index (χ0n) is 15.7. The molecule has 4 rings (SSSR count). The number of hydrogen-bond donors (Lipinski definition) is 1. The molecule has 1 aliphatic heterocycles. The molecule has 2 heterocycles. The largest absolute Gasteiger partial charge is 0.379 e. The maximum atomic E-state index is 13.7. The number of ether oxygens (including phenoxy) is 1. The van der Waals surface area contributed by atoms with E-state index in [0.717, 1.165) is 32.8 Å². The lowest BCUT2D eigenvalue weighted by Gasteiger charge is -2.26. The van der Waals surface area contributed by atoms with E-state index in [4.69, 9.17) is 4.74 Å². The van der Waals surface area contributed by atoms with Crippen molar-refractivity contribution in [2.24, 2.45) is 0 Å². The van der Waals surface area contributed by atoms with Gasteiger partial charge < -0.3 is 10.1 Å². The van der Waals surface area contributed by atoms with Crippen molar-refractivity contribution >= 4 is 22.5 Å². The first-order valence-corrected chi connectivity index (χ1v) is 9.36. The summed E-state index contributed by atoms with van der Waals surface area (Å²) in [6.45, 7) is 6.10. The van der Waals surface area contributed by atoms with E-state index in [1.165, 1.54) is 17.7 Å². The average Bonchev–Trinajstić information content (AvgIpc) is 2.70. The number of hydrogen-bond acceptors (Lipinski definition) is 4. The van der Waals surface area contributed by atoms with Gasteiger partial charge >= 0.3 is 0 Å². The standard InChI is InChI=1S/C22H22FN3O2/c1-15-12-20(19-13-17(23)4-7-21(19)24-15)22(27)25-18-5-2-16(3-6-18)14-26-8-10-28-11-9-26/h2-7,12-13H,8-11,14H2,1H3,(H,25,27). The van der Waals surface area contributed by atoms with Crippen molar-refractivity contribution in [2.45, 2.75) is 13.5 Å². The van der Waals surface area contributed by atoms with Crippen molar-refractivity contribution in [3.63, 3.8) is 0 Å². The van der Waals surface area contributed by atoms with E-state index in [1.807, 2.05) is 31.2 Å². The SMILES string of the molecule is Cc1cc(C(=O)Nc2ccc(CN3CCOCC3)cc2)c2cc(F)ccc2n1. The Morgan fingerprint density at radius 2 is 1.89 bits per heavy atom. The van der Waals surface area contributed by atoms with Gasteiger partial charge in [0.05, 0.1) is 24.3 Å². The van der Waals surface area contributed by atoms with Gasteiger partial charge in [-0.1, -0.05) is 12.1 Å². The molecule has 1 N–H and O–H groups in total. The zero-order chi connectivity index (χ0) is 19.5. The molecule has 0 atom stereocenters. The average molecular weight is 379 g/mol. The number of aryl methyl sites for hydroxylation is 1.